The number of rotatable bonds is 4. The van der Waals surface area contributed by atoms with Gasteiger partial charge in [-0.15, -0.1) is 0 Å². The number of amides is 1. The fraction of sp³-hybridized carbons (Fsp3) is 0.440. The molecule has 0 radical (unpaired) electrons. The Bertz CT molecular complexity index is 1100. The Hall–Kier alpha value is -2.80. The number of piperazine rings is 1. The Kier molecular flexibility index (Phi) is 5.91. The zero-order chi connectivity index (χ0) is 22.1. The van der Waals surface area contributed by atoms with Crippen LogP contribution in [-0.4, -0.2) is 62.2 Å². The number of aryl methyl sites for hydroxylation is 1. The predicted molar refractivity (Wildman–Crippen MR) is 131 cm³/mol. The summed E-state index contributed by atoms with van der Waals surface area (Å²) in [6.07, 6.45) is 1.81. The molecular formula is C25H30N4O2S. The lowest BCUT2D eigenvalue weighted by atomic mass is 9.95. The Labute approximate surface area is 193 Å². The Morgan fingerprint density at radius 2 is 1.78 bits per heavy atom. The van der Waals surface area contributed by atoms with Crippen LogP contribution in [0.25, 0.3) is 10.2 Å². The zero-order valence-corrected chi connectivity index (χ0v) is 19.6. The normalized spacial score (nSPS) is 17.8. The molecule has 2 aliphatic rings. The number of thiazole rings is 1. The van der Waals surface area contributed by atoms with E-state index >= 15 is 0 Å². The second kappa shape index (κ2) is 8.98. The van der Waals surface area contributed by atoms with Gasteiger partial charge in [-0.25, -0.2) is 4.98 Å². The lowest BCUT2D eigenvalue weighted by molar-refractivity contribution is -0.136. The van der Waals surface area contributed by atoms with Crippen LogP contribution in [0.5, 0.6) is 5.75 Å². The maximum atomic E-state index is 13.2. The van der Waals surface area contributed by atoms with Crippen LogP contribution in [0.3, 0.4) is 0 Å². The molecule has 0 bridgehead atoms. The first-order valence-electron chi connectivity index (χ1n) is 11.4. The minimum absolute atomic E-state index is 0.131. The van der Waals surface area contributed by atoms with Crippen LogP contribution in [0.4, 0.5) is 10.8 Å². The monoisotopic (exact) mass is 450 g/mol. The summed E-state index contributed by atoms with van der Waals surface area (Å²) < 4.78 is 6.59. The van der Waals surface area contributed by atoms with Gasteiger partial charge in [-0.3, -0.25) is 4.79 Å². The van der Waals surface area contributed by atoms with E-state index < -0.39 is 0 Å². The van der Waals surface area contributed by atoms with Crippen molar-refractivity contribution in [3.05, 3.63) is 48.0 Å². The molecule has 0 N–H and O–H groups in total. The van der Waals surface area contributed by atoms with Crippen molar-refractivity contribution in [1.82, 2.24) is 9.88 Å². The summed E-state index contributed by atoms with van der Waals surface area (Å²) in [6.45, 7) is 7.22. The molecule has 7 heteroatoms. The summed E-state index contributed by atoms with van der Waals surface area (Å²) in [5.74, 6) is 1.33. The predicted octanol–water partition coefficient (Wildman–Crippen LogP) is 4.18. The number of carbonyl (C=O) groups is 1. The topological polar surface area (TPSA) is 48.9 Å². The zero-order valence-electron chi connectivity index (χ0n) is 18.8. The largest absolute Gasteiger partial charge is 0.497 e. The second-order valence-electron chi connectivity index (χ2n) is 8.74. The number of piperidine rings is 1. The van der Waals surface area contributed by atoms with Crippen molar-refractivity contribution >= 4 is 38.3 Å². The third-order valence-electron chi connectivity index (χ3n) is 6.66. The SMILES string of the molecule is COc1cccc(N2CCN(C(=O)C3CCN(c4nc5ccc(C)cc5s4)CC3)CC2)c1. The molecule has 2 saturated heterocycles. The van der Waals surface area contributed by atoms with Gasteiger partial charge in [0.2, 0.25) is 5.91 Å². The van der Waals surface area contributed by atoms with E-state index in [1.807, 2.05) is 12.1 Å². The average Bonchev–Trinajstić information content (AvgIpc) is 3.27. The van der Waals surface area contributed by atoms with Crippen molar-refractivity contribution < 1.29 is 9.53 Å². The molecule has 3 heterocycles. The van der Waals surface area contributed by atoms with Gasteiger partial charge in [0.1, 0.15) is 5.75 Å². The summed E-state index contributed by atoms with van der Waals surface area (Å²) in [6, 6.07) is 14.6. The number of nitrogens with zero attached hydrogens (tertiary/aromatic N) is 4. The summed E-state index contributed by atoms with van der Waals surface area (Å²) in [5, 5.41) is 1.09. The number of fused-ring (bicyclic) bond motifs is 1. The molecule has 2 fully saturated rings. The number of hydrogen-bond acceptors (Lipinski definition) is 6. The maximum Gasteiger partial charge on any atom is 0.225 e. The molecule has 5 rings (SSSR count). The van der Waals surface area contributed by atoms with Crippen molar-refractivity contribution in [2.24, 2.45) is 5.92 Å². The van der Waals surface area contributed by atoms with Crippen molar-refractivity contribution in [1.29, 1.82) is 0 Å². The molecule has 2 aromatic carbocycles. The van der Waals surface area contributed by atoms with Gasteiger partial charge >= 0.3 is 0 Å². The molecule has 0 unspecified atom stereocenters. The highest BCUT2D eigenvalue weighted by Gasteiger charge is 2.31. The van der Waals surface area contributed by atoms with Crippen LogP contribution in [0.1, 0.15) is 18.4 Å². The van der Waals surface area contributed by atoms with Crippen molar-refractivity contribution in [2.75, 3.05) is 56.2 Å². The lowest BCUT2D eigenvalue weighted by Crippen LogP contribution is -2.51. The van der Waals surface area contributed by atoms with Crippen LogP contribution in [-0.2, 0) is 4.79 Å². The molecule has 0 spiro atoms. The number of carbonyl (C=O) groups excluding carboxylic acids is 1. The fourth-order valence-electron chi connectivity index (χ4n) is 4.72. The highest BCUT2D eigenvalue weighted by Crippen LogP contribution is 2.32. The average molecular weight is 451 g/mol. The van der Waals surface area contributed by atoms with Crippen LogP contribution in [0, 0.1) is 12.8 Å². The Morgan fingerprint density at radius 3 is 2.53 bits per heavy atom. The smallest absolute Gasteiger partial charge is 0.225 e. The molecule has 168 valence electrons. The maximum absolute atomic E-state index is 13.2. The number of benzene rings is 2. The van der Waals surface area contributed by atoms with E-state index in [-0.39, 0.29) is 5.92 Å². The molecule has 1 aromatic heterocycles. The minimum Gasteiger partial charge on any atom is -0.497 e. The van der Waals surface area contributed by atoms with Gasteiger partial charge in [0.05, 0.1) is 17.3 Å². The van der Waals surface area contributed by atoms with Crippen LogP contribution in [0.15, 0.2) is 42.5 Å². The van der Waals surface area contributed by atoms with Gasteiger partial charge in [0.25, 0.3) is 0 Å². The summed E-state index contributed by atoms with van der Waals surface area (Å²) in [5.41, 5.74) is 3.50. The molecular weight excluding hydrogens is 420 g/mol. The molecule has 2 aliphatic heterocycles. The molecule has 3 aromatic rings. The number of ether oxygens (including phenoxy) is 1. The number of anilines is 2. The van der Waals surface area contributed by atoms with E-state index in [1.54, 1.807) is 18.4 Å². The van der Waals surface area contributed by atoms with Gasteiger partial charge in [0, 0.05) is 56.9 Å². The molecule has 0 saturated carbocycles. The first-order valence-corrected chi connectivity index (χ1v) is 12.2. The molecule has 6 nitrogen and oxygen atoms in total. The van der Waals surface area contributed by atoms with Crippen LogP contribution < -0.4 is 14.5 Å². The molecule has 1 amide bonds. The van der Waals surface area contributed by atoms with Gasteiger partial charge in [-0.05, 0) is 49.6 Å². The summed E-state index contributed by atoms with van der Waals surface area (Å²) in [7, 11) is 1.69. The van der Waals surface area contributed by atoms with Crippen molar-refractivity contribution in [3.63, 3.8) is 0 Å². The lowest BCUT2D eigenvalue weighted by Gasteiger charge is -2.39. The van der Waals surface area contributed by atoms with Gasteiger partial charge in [0.15, 0.2) is 5.13 Å². The van der Waals surface area contributed by atoms with E-state index in [9.17, 15) is 4.79 Å². The van der Waals surface area contributed by atoms with Crippen molar-refractivity contribution in [3.8, 4) is 5.75 Å². The third kappa shape index (κ3) is 4.26. The standard InChI is InChI=1S/C25H30N4O2S/c1-18-6-7-22-23(16-18)32-25(26-22)29-10-8-19(9-11-29)24(30)28-14-12-27(13-15-28)20-4-3-5-21(17-20)31-2/h3-7,16-17,19H,8-15H2,1-2H3. The van der Waals surface area contributed by atoms with E-state index in [4.69, 9.17) is 9.72 Å². The number of methoxy groups -OCH3 is 1. The molecule has 0 aliphatic carbocycles. The van der Waals surface area contributed by atoms with Crippen LogP contribution in [0.2, 0.25) is 0 Å². The van der Waals surface area contributed by atoms with E-state index in [0.29, 0.717) is 5.91 Å². The first-order chi connectivity index (χ1) is 15.6. The summed E-state index contributed by atoms with van der Waals surface area (Å²) in [4.78, 5) is 24.8. The summed E-state index contributed by atoms with van der Waals surface area (Å²) >= 11 is 1.76. The minimum atomic E-state index is 0.131. The Morgan fingerprint density at radius 1 is 1.00 bits per heavy atom. The van der Waals surface area contributed by atoms with Crippen molar-refractivity contribution in [2.45, 2.75) is 19.8 Å². The third-order valence-corrected chi connectivity index (χ3v) is 7.74. The number of aromatic nitrogens is 1. The molecule has 0 atom stereocenters. The Balaban J connectivity index is 1.15. The van der Waals surface area contributed by atoms with Gasteiger partial charge < -0.3 is 19.4 Å². The quantitative estimate of drug-likeness (QED) is 0.597. The van der Waals surface area contributed by atoms with E-state index in [0.717, 1.165) is 74.2 Å². The highest BCUT2D eigenvalue weighted by atomic mass is 32.1. The van der Waals surface area contributed by atoms with Gasteiger partial charge in [-0.2, -0.15) is 0 Å². The second-order valence-corrected chi connectivity index (χ2v) is 9.75. The first kappa shape index (κ1) is 21.1. The van der Waals surface area contributed by atoms with E-state index in [2.05, 4.69) is 52.0 Å². The van der Waals surface area contributed by atoms with Gasteiger partial charge in [-0.1, -0.05) is 23.5 Å². The number of hydrogen-bond donors (Lipinski definition) is 0. The highest BCUT2D eigenvalue weighted by molar-refractivity contribution is 7.22. The fourth-order valence-corrected chi connectivity index (χ4v) is 5.84. The van der Waals surface area contributed by atoms with Crippen LogP contribution >= 0.6 is 11.3 Å². The molecule has 32 heavy (non-hydrogen) atoms. The van der Waals surface area contributed by atoms with E-state index in [1.165, 1.54) is 10.3 Å².